The summed E-state index contributed by atoms with van der Waals surface area (Å²) in [5.41, 5.74) is 1.01. The number of rotatable bonds is 5. The van der Waals surface area contributed by atoms with Crippen molar-refractivity contribution in [2.45, 2.75) is 6.42 Å². The lowest BCUT2D eigenvalue weighted by Gasteiger charge is -2.05. The zero-order valence-electron chi connectivity index (χ0n) is 8.62. The van der Waals surface area contributed by atoms with Crippen molar-refractivity contribution in [2.75, 3.05) is 19.0 Å². The predicted octanol–water partition coefficient (Wildman–Crippen LogP) is 1.68. The summed E-state index contributed by atoms with van der Waals surface area (Å²) in [6.07, 6.45) is 0.0722. The summed E-state index contributed by atoms with van der Waals surface area (Å²) < 4.78 is 4.75. The maximum absolute atomic E-state index is 11.4. The highest BCUT2D eigenvalue weighted by atomic mass is 16.5. The fourth-order valence-corrected chi connectivity index (χ4v) is 1.15. The summed E-state index contributed by atoms with van der Waals surface area (Å²) in [6.45, 7) is 0.197. The van der Waals surface area contributed by atoms with Crippen LogP contribution in [0.4, 0.5) is 5.69 Å². The number of nitrogens with one attached hydrogen (secondary N) is 2. The average molecular weight is 206 g/mol. The van der Waals surface area contributed by atoms with Gasteiger partial charge in [0.15, 0.2) is 0 Å². The van der Waals surface area contributed by atoms with Gasteiger partial charge in [0.2, 0.25) is 5.91 Å². The van der Waals surface area contributed by atoms with Gasteiger partial charge in [-0.25, -0.2) is 0 Å². The Bertz CT molecular complexity index is 336. The Kier molecular flexibility index (Phi) is 4.50. The van der Waals surface area contributed by atoms with Crippen molar-refractivity contribution in [3.05, 3.63) is 30.3 Å². The third kappa shape index (κ3) is 4.37. The molecule has 0 heterocycles. The average Bonchev–Trinajstić information content (AvgIpc) is 2.19. The lowest BCUT2D eigenvalue weighted by atomic mass is 10.2. The largest absolute Gasteiger partial charge is 0.379 e. The van der Waals surface area contributed by atoms with Gasteiger partial charge in [0.25, 0.3) is 0 Å². The minimum Gasteiger partial charge on any atom is -0.379 e. The molecule has 80 valence electrons. The van der Waals surface area contributed by atoms with Gasteiger partial charge in [0.1, 0.15) is 0 Å². The van der Waals surface area contributed by atoms with Crippen molar-refractivity contribution in [2.24, 2.45) is 0 Å². The van der Waals surface area contributed by atoms with E-state index in [0.717, 1.165) is 5.69 Å². The molecule has 1 amide bonds. The molecule has 0 atom stereocenters. The zero-order valence-corrected chi connectivity index (χ0v) is 8.62. The second-order valence-corrected chi connectivity index (χ2v) is 3.13. The third-order valence-electron chi connectivity index (χ3n) is 1.75. The summed E-state index contributed by atoms with van der Waals surface area (Å²) in [4.78, 5) is 11.4. The Morgan fingerprint density at radius 1 is 1.40 bits per heavy atom. The fraction of sp³-hybridized carbons (Fsp3) is 0.273. The van der Waals surface area contributed by atoms with E-state index < -0.39 is 0 Å². The highest BCUT2D eigenvalue weighted by Gasteiger charge is 2.05. The van der Waals surface area contributed by atoms with Gasteiger partial charge in [0, 0.05) is 18.5 Å². The van der Waals surface area contributed by atoms with Gasteiger partial charge in [-0.05, 0) is 12.1 Å². The normalized spacial score (nSPS) is 9.67. The van der Waals surface area contributed by atoms with Gasteiger partial charge in [-0.3, -0.25) is 4.79 Å². The van der Waals surface area contributed by atoms with Crippen LogP contribution in [0.2, 0.25) is 0 Å². The molecule has 0 fully saturated rings. The summed E-state index contributed by atoms with van der Waals surface area (Å²) in [6, 6.07) is 9.17. The van der Waals surface area contributed by atoms with Gasteiger partial charge in [-0.2, -0.15) is 0 Å². The molecule has 4 nitrogen and oxygen atoms in total. The van der Waals surface area contributed by atoms with Crippen molar-refractivity contribution in [3.8, 4) is 0 Å². The van der Waals surface area contributed by atoms with E-state index in [0.29, 0.717) is 0 Å². The number of anilines is 1. The van der Waals surface area contributed by atoms with E-state index >= 15 is 0 Å². The van der Waals surface area contributed by atoms with E-state index in [1.165, 1.54) is 7.11 Å². The number of benzene rings is 1. The van der Waals surface area contributed by atoms with E-state index in [2.05, 4.69) is 5.32 Å². The first-order valence-corrected chi connectivity index (χ1v) is 4.62. The number of carbonyl (C=O) groups excluding carboxylic acids is 1. The van der Waals surface area contributed by atoms with Gasteiger partial charge < -0.3 is 15.5 Å². The van der Waals surface area contributed by atoms with Crippen molar-refractivity contribution in [1.82, 2.24) is 0 Å². The second kappa shape index (κ2) is 5.93. The molecule has 0 saturated heterocycles. The maximum atomic E-state index is 11.4. The van der Waals surface area contributed by atoms with Crippen LogP contribution in [0, 0.1) is 5.41 Å². The molecular weight excluding hydrogens is 192 g/mol. The molecule has 0 aliphatic rings. The summed E-state index contributed by atoms with van der Waals surface area (Å²) in [5, 5.41) is 10.1. The van der Waals surface area contributed by atoms with Crippen LogP contribution >= 0.6 is 0 Å². The van der Waals surface area contributed by atoms with Gasteiger partial charge in [-0.1, -0.05) is 18.2 Å². The molecule has 0 saturated carbocycles. The van der Waals surface area contributed by atoms with Crippen LogP contribution in [-0.4, -0.2) is 25.3 Å². The molecule has 1 aromatic carbocycles. The van der Waals surface area contributed by atoms with Crippen molar-refractivity contribution >= 4 is 17.3 Å². The maximum Gasteiger partial charge on any atom is 0.230 e. The summed E-state index contributed by atoms with van der Waals surface area (Å²) >= 11 is 0. The topological polar surface area (TPSA) is 62.2 Å². The van der Waals surface area contributed by atoms with Crippen LogP contribution in [0.25, 0.3) is 0 Å². The molecule has 1 aromatic rings. The van der Waals surface area contributed by atoms with E-state index in [1.807, 2.05) is 18.2 Å². The first kappa shape index (κ1) is 11.4. The minimum absolute atomic E-state index is 0.0722. The standard InChI is InChI=1S/C11H14N2O2/c1-15-8-9(12)7-11(14)13-10-5-3-2-4-6-10/h2-6,12H,7-8H2,1H3,(H,13,14). The summed E-state index contributed by atoms with van der Waals surface area (Å²) in [5.74, 6) is -0.191. The van der Waals surface area contributed by atoms with E-state index in [9.17, 15) is 4.79 Å². The summed E-state index contributed by atoms with van der Waals surface area (Å²) in [7, 11) is 1.50. The third-order valence-corrected chi connectivity index (χ3v) is 1.75. The fourth-order valence-electron chi connectivity index (χ4n) is 1.15. The number of hydrogen-bond acceptors (Lipinski definition) is 3. The number of methoxy groups -OCH3 is 1. The van der Waals surface area contributed by atoms with Crippen LogP contribution in [0.5, 0.6) is 0 Å². The Labute approximate surface area is 88.8 Å². The Morgan fingerprint density at radius 2 is 2.07 bits per heavy atom. The van der Waals surface area contributed by atoms with Crippen LogP contribution in [0.1, 0.15) is 6.42 Å². The number of carbonyl (C=O) groups is 1. The number of hydrogen-bond donors (Lipinski definition) is 2. The molecule has 0 aliphatic carbocycles. The van der Waals surface area contributed by atoms with Crippen LogP contribution in [0.3, 0.4) is 0 Å². The molecule has 15 heavy (non-hydrogen) atoms. The van der Waals surface area contributed by atoms with Crippen LogP contribution in [-0.2, 0) is 9.53 Å². The first-order chi connectivity index (χ1) is 7.22. The van der Waals surface area contributed by atoms with Gasteiger partial charge >= 0.3 is 0 Å². The molecule has 2 N–H and O–H groups in total. The van der Waals surface area contributed by atoms with Gasteiger partial charge in [-0.15, -0.1) is 0 Å². The SMILES string of the molecule is COCC(=N)CC(=O)Nc1ccccc1. The van der Waals surface area contributed by atoms with E-state index in [-0.39, 0.29) is 24.6 Å². The predicted molar refractivity (Wildman–Crippen MR) is 59.3 cm³/mol. The first-order valence-electron chi connectivity index (χ1n) is 4.62. The lowest BCUT2D eigenvalue weighted by Crippen LogP contribution is -2.18. The molecule has 0 radical (unpaired) electrons. The molecule has 4 heteroatoms. The van der Waals surface area contributed by atoms with Crippen LogP contribution in [0.15, 0.2) is 30.3 Å². The highest BCUT2D eigenvalue weighted by molar-refractivity contribution is 6.05. The number of para-hydroxylation sites is 1. The molecule has 0 spiro atoms. The monoisotopic (exact) mass is 206 g/mol. The molecule has 1 rings (SSSR count). The number of amides is 1. The Balaban J connectivity index is 2.40. The number of ether oxygens (including phenoxy) is 1. The quantitative estimate of drug-likeness (QED) is 0.720. The van der Waals surface area contributed by atoms with E-state index in [4.69, 9.17) is 10.1 Å². The molecule has 0 aliphatic heterocycles. The molecule has 0 aromatic heterocycles. The van der Waals surface area contributed by atoms with Crippen LogP contribution < -0.4 is 5.32 Å². The highest BCUT2D eigenvalue weighted by Crippen LogP contribution is 2.05. The van der Waals surface area contributed by atoms with Crippen molar-refractivity contribution < 1.29 is 9.53 Å². The van der Waals surface area contributed by atoms with Gasteiger partial charge in [0.05, 0.1) is 13.0 Å². The molecular formula is C11H14N2O2. The molecule has 0 unspecified atom stereocenters. The van der Waals surface area contributed by atoms with Crippen molar-refractivity contribution in [3.63, 3.8) is 0 Å². The smallest absolute Gasteiger partial charge is 0.230 e. The zero-order chi connectivity index (χ0) is 11.1. The second-order valence-electron chi connectivity index (χ2n) is 3.13. The Hall–Kier alpha value is -1.68. The van der Waals surface area contributed by atoms with Crippen molar-refractivity contribution in [1.29, 1.82) is 5.41 Å². The Morgan fingerprint density at radius 3 is 2.67 bits per heavy atom. The minimum atomic E-state index is -0.191. The molecule has 0 bridgehead atoms. The van der Waals surface area contributed by atoms with E-state index in [1.54, 1.807) is 12.1 Å². The lowest BCUT2D eigenvalue weighted by molar-refractivity contribution is -0.115.